The second-order valence-electron chi connectivity index (χ2n) is 4.84. The number of hydrogen-bond donors (Lipinski definition) is 0. The molecule has 0 fully saturated rings. The predicted octanol–water partition coefficient (Wildman–Crippen LogP) is 1.19. The highest BCUT2D eigenvalue weighted by Gasteiger charge is 2.20. The zero-order chi connectivity index (χ0) is 12.5. The maximum Gasteiger partial charge on any atom is 0.122 e. The molecule has 0 N–H and O–H groups in total. The van der Waals surface area contributed by atoms with Crippen LogP contribution in [0.5, 0.6) is 0 Å². The molecule has 0 radical (unpaired) electrons. The molecular weight excluding hydrogens is 226 g/mol. The van der Waals surface area contributed by atoms with E-state index in [0.717, 1.165) is 38.4 Å². The van der Waals surface area contributed by atoms with Gasteiger partial charge < -0.3 is 9.13 Å². The van der Waals surface area contributed by atoms with E-state index in [0.29, 0.717) is 0 Å². The molecule has 2 aromatic heterocycles. The minimum atomic E-state index is 0.914. The molecule has 0 spiro atoms. The first-order chi connectivity index (χ1) is 8.78. The average molecular weight is 245 g/mol. The minimum absolute atomic E-state index is 0.914. The summed E-state index contributed by atoms with van der Waals surface area (Å²) in [5.41, 5.74) is 2.60. The maximum absolute atomic E-state index is 4.47. The Morgan fingerprint density at radius 3 is 3.06 bits per heavy atom. The third-order valence-electron chi connectivity index (χ3n) is 3.69. The number of fused-ring (bicyclic) bond motifs is 1. The van der Waals surface area contributed by atoms with Gasteiger partial charge in [-0.15, -0.1) is 0 Å². The molecule has 0 saturated carbocycles. The summed E-state index contributed by atoms with van der Waals surface area (Å²) in [6, 6.07) is 0. The van der Waals surface area contributed by atoms with Gasteiger partial charge in [0.2, 0.25) is 0 Å². The van der Waals surface area contributed by atoms with Gasteiger partial charge >= 0.3 is 0 Å². The molecule has 0 unspecified atom stereocenters. The van der Waals surface area contributed by atoms with E-state index in [9.17, 15) is 0 Å². The van der Waals surface area contributed by atoms with Crippen LogP contribution in [-0.2, 0) is 33.1 Å². The van der Waals surface area contributed by atoms with Crippen molar-refractivity contribution in [1.82, 2.24) is 24.0 Å². The second kappa shape index (κ2) is 4.57. The van der Waals surface area contributed by atoms with Crippen LogP contribution in [-0.4, -0.2) is 30.5 Å². The van der Waals surface area contributed by atoms with Gasteiger partial charge in [0.1, 0.15) is 5.82 Å². The Balaban J connectivity index is 1.73. The number of aryl methyl sites for hydroxylation is 2. The first-order valence-electron chi connectivity index (χ1n) is 6.49. The normalized spacial score (nSPS) is 15.9. The molecule has 3 rings (SSSR count). The van der Waals surface area contributed by atoms with Crippen molar-refractivity contribution in [1.29, 1.82) is 0 Å². The van der Waals surface area contributed by atoms with Crippen LogP contribution < -0.4 is 0 Å². The summed E-state index contributed by atoms with van der Waals surface area (Å²) in [4.78, 5) is 11.3. The molecule has 5 heteroatoms. The summed E-state index contributed by atoms with van der Waals surface area (Å²) in [5.74, 6) is 1.15. The Morgan fingerprint density at radius 1 is 1.33 bits per heavy atom. The van der Waals surface area contributed by atoms with Gasteiger partial charge in [-0.1, -0.05) is 0 Å². The third kappa shape index (κ3) is 1.95. The summed E-state index contributed by atoms with van der Waals surface area (Å²) in [6.07, 6.45) is 6.93. The van der Waals surface area contributed by atoms with Crippen LogP contribution in [0.3, 0.4) is 0 Å². The van der Waals surface area contributed by atoms with Gasteiger partial charge in [-0.2, -0.15) is 0 Å². The average Bonchev–Trinajstić information content (AvgIpc) is 2.97. The molecule has 0 atom stereocenters. The van der Waals surface area contributed by atoms with Gasteiger partial charge in [0.15, 0.2) is 0 Å². The number of nitrogens with zero attached hydrogens (tertiary/aromatic N) is 5. The van der Waals surface area contributed by atoms with Crippen LogP contribution >= 0.6 is 0 Å². The van der Waals surface area contributed by atoms with E-state index in [1.54, 1.807) is 0 Å². The smallest absolute Gasteiger partial charge is 0.122 e. The highest BCUT2D eigenvalue weighted by molar-refractivity contribution is 5.16. The SMILES string of the molecule is CCn1ccnc1CN1CCc2c(ncn2C)C1. The van der Waals surface area contributed by atoms with Crippen molar-refractivity contribution in [3.63, 3.8) is 0 Å². The lowest BCUT2D eigenvalue weighted by molar-refractivity contribution is 0.231. The Labute approximate surface area is 107 Å². The Morgan fingerprint density at radius 2 is 2.22 bits per heavy atom. The van der Waals surface area contributed by atoms with E-state index < -0.39 is 0 Å². The van der Waals surface area contributed by atoms with E-state index in [2.05, 4.69) is 38.0 Å². The molecule has 0 saturated heterocycles. The molecule has 1 aliphatic heterocycles. The Kier molecular flexibility index (Phi) is 2.91. The number of imidazole rings is 2. The fourth-order valence-corrected chi connectivity index (χ4v) is 2.63. The second-order valence-corrected chi connectivity index (χ2v) is 4.84. The first-order valence-corrected chi connectivity index (χ1v) is 6.49. The van der Waals surface area contributed by atoms with Crippen molar-refractivity contribution in [3.05, 3.63) is 35.9 Å². The van der Waals surface area contributed by atoms with Gasteiger partial charge in [0.25, 0.3) is 0 Å². The van der Waals surface area contributed by atoms with Crippen molar-refractivity contribution < 1.29 is 0 Å². The molecule has 0 bridgehead atoms. The van der Waals surface area contributed by atoms with Gasteiger partial charge in [-0.3, -0.25) is 4.90 Å². The van der Waals surface area contributed by atoms with E-state index in [1.165, 1.54) is 11.4 Å². The monoisotopic (exact) mass is 245 g/mol. The third-order valence-corrected chi connectivity index (χ3v) is 3.69. The molecule has 5 nitrogen and oxygen atoms in total. The fraction of sp³-hybridized carbons (Fsp3) is 0.538. The fourth-order valence-electron chi connectivity index (χ4n) is 2.63. The van der Waals surface area contributed by atoms with E-state index in [-0.39, 0.29) is 0 Å². The van der Waals surface area contributed by atoms with Gasteiger partial charge in [-0.05, 0) is 6.92 Å². The predicted molar refractivity (Wildman–Crippen MR) is 68.9 cm³/mol. The van der Waals surface area contributed by atoms with Crippen LogP contribution in [0, 0.1) is 0 Å². The number of aromatic nitrogens is 4. The van der Waals surface area contributed by atoms with Gasteiger partial charge in [-0.25, -0.2) is 9.97 Å². The lowest BCUT2D eigenvalue weighted by atomic mass is 10.1. The Hall–Kier alpha value is -1.62. The quantitative estimate of drug-likeness (QED) is 0.815. The Bertz CT molecular complexity index is 539. The zero-order valence-corrected chi connectivity index (χ0v) is 11.0. The summed E-state index contributed by atoms with van der Waals surface area (Å²) in [5, 5.41) is 0. The highest BCUT2D eigenvalue weighted by atomic mass is 15.2. The van der Waals surface area contributed by atoms with E-state index >= 15 is 0 Å². The van der Waals surface area contributed by atoms with E-state index in [4.69, 9.17) is 0 Å². The zero-order valence-electron chi connectivity index (χ0n) is 11.0. The maximum atomic E-state index is 4.47. The molecule has 0 aromatic carbocycles. The van der Waals surface area contributed by atoms with Crippen LogP contribution in [0.15, 0.2) is 18.7 Å². The van der Waals surface area contributed by atoms with Crippen molar-refractivity contribution in [3.8, 4) is 0 Å². The molecule has 1 aliphatic rings. The summed E-state index contributed by atoms with van der Waals surface area (Å²) in [7, 11) is 2.07. The van der Waals surface area contributed by atoms with E-state index in [1.807, 2.05) is 18.7 Å². The molecule has 0 amide bonds. The van der Waals surface area contributed by atoms with Crippen LogP contribution in [0.2, 0.25) is 0 Å². The summed E-state index contributed by atoms with van der Waals surface area (Å²) >= 11 is 0. The molecule has 0 aliphatic carbocycles. The van der Waals surface area contributed by atoms with Gasteiger partial charge in [0, 0.05) is 51.2 Å². The lowest BCUT2D eigenvalue weighted by Crippen LogP contribution is -2.31. The van der Waals surface area contributed by atoms with Crippen molar-refractivity contribution in [2.75, 3.05) is 6.54 Å². The largest absolute Gasteiger partial charge is 0.337 e. The minimum Gasteiger partial charge on any atom is -0.337 e. The standard InChI is InChI=1S/C13H19N5/c1-3-18-7-5-14-13(18)9-17-6-4-12-11(8-17)15-10-16(12)2/h5,7,10H,3-4,6,8-9H2,1-2H3. The van der Waals surface area contributed by atoms with Crippen molar-refractivity contribution in [2.45, 2.75) is 33.0 Å². The number of hydrogen-bond acceptors (Lipinski definition) is 3. The van der Waals surface area contributed by atoms with Crippen LogP contribution in [0.4, 0.5) is 0 Å². The number of rotatable bonds is 3. The lowest BCUT2D eigenvalue weighted by Gasteiger charge is -2.26. The topological polar surface area (TPSA) is 38.9 Å². The first kappa shape index (κ1) is 11.5. The summed E-state index contributed by atoms with van der Waals surface area (Å²) in [6.45, 7) is 6.07. The van der Waals surface area contributed by atoms with Crippen LogP contribution in [0.1, 0.15) is 24.1 Å². The van der Waals surface area contributed by atoms with Crippen molar-refractivity contribution in [2.24, 2.45) is 7.05 Å². The van der Waals surface area contributed by atoms with Crippen molar-refractivity contribution >= 4 is 0 Å². The molecule has 3 heterocycles. The van der Waals surface area contributed by atoms with Crippen LogP contribution in [0.25, 0.3) is 0 Å². The molecular formula is C13H19N5. The molecule has 96 valence electrons. The molecule has 18 heavy (non-hydrogen) atoms. The summed E-state index contributed by atoms with van der Waals surface area (Å²) < 4.78 is 4.34. The van der Waals surface area contributed by atoms with Gasteiger partial charge in [0.05, 0.1) is 18.6 Å². The highest BCUT2D eigenvalue weighted by Crippen LogP contribution is 2.18. The molecule has 2 aromatic rings.